The van der Waals surface area contributed by atoms with Gasteiger partial charge in [-0.3, -0.25) is 4.79 Å². The zero-order chi connectivity index (χ0) is 14.2. The predicted octanol–water partition coefficient (Wildman–Crippen LogP) is 4.03. The fraction of sp³-hybridized carbons (Fsp3) is 0.308. The average Bonchev–Trinajstić information content (AvgIpc) is 2.69. The number of alkyl halides is 3. The molecule has 102 valence electrons. The van der Waals surface area contributed by atoms with E-state index in [9.17, 15) is 18.0 Å². The van der Waals surface area contributed by atoms with Gasteiger partial charge in [0.2, 0.25) is 0 Å². The van der Waals surface area contributed by atoms with Gasteiger partial charge in [-0.1, -0.05) is 13.0 Å². The van der Waals surface area contributed by atoms with Gasteiger partial charge in [-0.05, 0) is 18.1 Å². The monoisotopic (exact) mass is 272 g/mol. The zero-order valence-corrected chi connectivity index (χ0v) is 9.99. The fourth-order valence-electron chi connectivity index (χ4n) is 1.98. The van der Waals surface area contributed by atoms with Crippen LogP contribution in [0.1, 0.15) is 30.4 Å². The van der Waals surface area contributed by atoms with Crippen LogP contribution in [0.4, 0.5) is 13.2 Å². The number of aliphatic carboxylic acids is 1. The molecule has 1 heterocycles. The summed E-state index contributed by atoms with van der Waals surface area (Å²) >= 11 is 0. The highest BCUT2D eigenvalue weighted by Gasteiger charge is 2.31. The summed E-state index contributed by atoms with van der Waals surface area (Å²) in [5, 5.41) is 9.24. The van der Waals surface area contributed by atoms with E-state index >= 15 is 0 Å². The van der Waals surface area contributed by atoms with Crippen LogP contribution < -0.4 is 0 Å². The molecule has 1 atom stereocenters. The van der Waals surface area contributed by atoms with Crippen molar-refractivity contribution in [3.8, 4) is 0 Å². The van der Waals surface area contributed by atoms with E-state index in [-0.39, 0.29) is 17.9 Å². The van der Waals surface area contributed by atoms with Crippen LogP contribution in [0.2, 0.25) is 0 Å². The maximum absolute atomic E-state index is 12.5. The molecule has 2 rings (SSSR count). The van der Waals surface area contributed by atoms with Crippen molar-refractivity contribution in [2.24, 2.45) is 0 Å². The molecule has 0 saturated carbocycles. The molecule has 6 heteroatoms. The Morgan fingerprint density at radius 3 is 2.68 bits per heavy atom. The number of hydrogen-bond acceptors (Lipinski definition) is 2. The minimum absolute atomic E-state index is 0.102. The predicted molar refractivity (Wildman–Crippen MR) is 61.9 cm³/mol. The van der Waals surface area contributed by atoms with Crippen LogP contribution in [0.15, 0.2) is 28.9 Å². The molecule has 0 aliphatic carbocycles. The lowest BCUT2D eigenvalue weighted by Crippen LogP contribution is -2.04. The van der Waals surface area contributed by atoms with Gasteiger partial charge in [0.25, 0.3) is 0 Å². The molecule has 0 fully saturated rings. The lowest BCUT2D eigenvalue weighted by atomic mass is 9.97. The van der Waals surface area contributed by atoms with Crippen LogP contribution in [-0.2, 0) is 11.0 Å². The van der Waals surface area contributed by atoms with Gasteiger partial charge in [0.1, 0.15) is 5.58 Å². The van der Waals surface area contributed by atoms with Gasteiger partial charge >= 0.3 is 12.1 Å². The van der Waals surface area contributed by atoms with Crippen molar-refractivity contribution in [2.45, 2.75) is 25.4 Å². The van der Waals surface area contributed by atoms with Crippen molar-refractivity contribution < 1.29 is 27.5 Å². The molecular weight excluding hydrogens is 261 g/mol. The number of benzene rings is 1. The highest BCUT2D eigenvalue weighted by atomic mass is 19.4. The molecule has 0 saturated heterocycles. The minimum Gasteiger partial charge on any atom is -0.481 e. The molecule has 2 aromatic rings. The lowest BCUT2D eigenvalue weighted by Gasteiger charge is -2.08. The molecule has 1 N–H and O–H groups in total. The van der Waals surface area contributed by atoms with Crippen LogP contribution in [0.25, 0.3) is 11.0 Å². The first-order valence-corrected chi connectivity index (χ1v) is 5.59. The minimum atomic E-state index is -4.42. The summed E-state index contributed by atoms with van der Waals surface area (Å²) in [6.45, 7) is 1.69. The Bertz CT molecular complexity index is 613. The summed E-state index contributed by atoms with van der Waals surface area (Å²) in [6.07, 6.45) is -3.21. The fourth-order valence-corrected chi connectivity index (χ4v) is 1.98. The molecule has 3 nitrogen and oxygen atoms in total. The Morgan fingerprint density at radius 1 is 1.42 bits per heavy atom. The van der Waals surface area contributed by atoms with E-state index in [2.05, 4.69) is 0 Å². The molecule has 0 aliphatic rings. The molecule has 0 amide bonds. The number of furan rings is 1. The number of fused-ring (bicyclic) bond motifs is 1. The molecule has 1 aromatic carbocycles. The van der Waals surface area contributed by atoms with E-state index in [0.717, 1.165) is 12.1 Å². The molecular formula is C13H11F3O3. The third-order valence-electron chi connectivity index (χ3n) is 2.94. The topological polar surface area (TPSA) is 50.4 Å². The first kappa shape index (κ1) is 13.5. The first-order chi connectivity index (χ1) is 8.79. The second-order valence-electron chi connectivity index (χ2n) is 4.40. The third kappa shape index (κ3) is 2.72. The van der Waals surface area contributed by atoms with Crippen molar-refractivity contribution in [2.75, 3.05) is 0 Å². The Balaban J connectivity index is 2.42. The van der Waals surface area contributed by atoms with Gasteiger partial charge in [0.15, 0.2) is 0 Å². The summed E-state index contributed by atoms with van der Waals surface area (Å²) < 4.78 is 42.7. The maximum atomic E-state index is 12.5. The van der Waals surface area contributed by atoms with Crippen molar-refractivity contribution in [3.63, 3.8) is 0 Å². The van der Waals surface area contributed by atoms with Crippen molar-refractivity contribution in [1.29, 1.82) is 0 Å². The summed E-state index contributed by atoms with van der Waals surface area (Å²) in [4.78, 5) is 10.6. The third-order valence-corrected chi connectivity index (χ3v) is 2.94. The van der Waals surface area contributed by atoms with E-state index in [1.165, 1.54) is 12.3 Å². The maximum Gasteiger partial charge on any atom is 0.416 e. The number of carboxylic acid groups (broad SMARTS) is 1. The van der Waals surface area contributed by atoms with Crippen LogP contribution >= 0.6 is 0 Å². The molecule has 19 heavy (non-hydrogen) atoms. The molecule has 0 radical (unpaired) electrons. The van der Waals surface area contributed by atoms with Crippen LogP contribution in [0.3, 0.4) is 0 Å². The highest BCUT2D eigenvalue weighted by Crippen LogP contribution is 2.35. The Morgan fingerprint density at radius 2 is 2.11 bits per heavy atom. The second kappa shape index (κ2) is 4.60. The van der Waals surface area contributed by atoms with Crippen LogP contribution in [0.5, 0.6) is 0 Å². The number of rotatable bonds is 3. The SMILES string of the molecule is CC(CC(=O)O)c1coc2cc(C(F)(F)F)ccc12. The Kier molecular flexibility index (Phi) is 3.26. The summed E-state index contributed by atoms with van der Waals surface area (Å²) in [7, 11) is 0. The Labute approximate surface area is 106 Å². The smallest absolute Gasteiger partial charge is 0.416 e. The molecule has 1 unspecified atom stereocenters. The van der Waals surface area contributed by atoms with Gasteiger partial charge in [-0.25, -0.2) is 0 Å². The van der Waals surface area contributed by atoms with Gasteiger partial charge in [-0.15, -0.1) is 0 Å². The summed E-state index contributed by atoms with van der Waals surface area (Å²) in [5.74, 6) is -1.29. The van der Waals surface area contributed by atoms with Gasteiger partial charge in [-0.2, -0.15) is 13.2 Å². The molecule has 1 aromatic heterocycles. The van der Waals surface area contributed by atoms with Crippen molar-refractivity contribution >= 4 is 16.9 Å². The number of halogens is 3. The largest absolute Gasteiger partial charge is 0.481 e. The number of hydrogen-bond donors (Lipinski definition) is 1. The van der Waals surface area contributed by atoms with E-state index < -0.39 is 17.7 Å². The van der Waals surface area contributed by atoms with Gasteiger partial charge < -0.3 is 9.52 Å². The van der Waals surface area contributed by atoms with E-state index in [1.54, 1.807) is 6.92 Å². The van der Waals surface area contributed by atoms with Gasteiger partial charge in [0.05, 0.1) is 18.2 Å². The van der Waals surface area contributed by atoms with Crippen LogP contribution in [0, 0.1) is 0 Å². The quantitative estimate of drug-likeness (QED) is 0.917. The standard InChI is InChI=1S/C13H11F3O3/c1-7(4-12(17)18)10-6-19-11-5-8(13(14,15)16)2-3-9(10)11/h2-3,5-7H,4H2,1H3,(H,17,18). The second-order valence-corrected chi connectivity index (χ2v) is 4.40. The first-order valence-electron chi connectivity index (χ1n) is 5.59. The average molecular weight is 272 g/mol. The molecule has 0 bridgehead atoms. The molecule has 0 spiro atoms. The zero-order valence-electron chi connectivity index (χ0n) is 9.99. The van der Waals surface area contributed by atoms with E-state index in [4.69, 9.17) is 9.52 Å². The van der Waals surface area contributed by atoms with E-state index in [0.29, 0.717) is 10.9 Å². The number of carboxylic acids is 1. The molecule has 0 aliphatic heterocycles. The number of carbonyl (C=O) groups is 1. The van der Waals surface area contributed by atoms with Crippen molar-refractivity contribution in [3.05, 3.63) is 35.6 Å². The van der Waals surface area contributed by atoms with Crippen LogP contribution in [-0.4, -0.2) is 11.1 Å². The summed E-state index contributed by atoms with van der Waals surface area (Å²) in [5.41, 5.74) is -0.0695. The van der Waals surface area contributed by atoms with Gasteiger partial charge in [0, 0.05) is 10.9 Å². The Hall–Kier alpha value is -1.98. The van der Waals surface area contributed by atoms with Crippen molar-refractivity contribution in [1.82, 2.24) is 0 Å². The van der Waals surface area contributed by atoms with E-state index in [1.807, 2.05) is 0 Å². The summed E-state index contributed by atoms with van der Waals surface area (Å²) in [6, 6.07) is 3.20. The lowest BCUT2D eigenvalue weighted by molar-refractivity contribution is -0.138. The highest BCUT2D eigenvalue weighted by molar-refractivity contribution is 5.83. The normalized spacial score (nSPS) is 13.7.